The van der Waals surface area contributed by atoms with E-state index in [4.69, 9.17) is 4.74 Å². The molecule has 0 amide bonds. The van der Waals surface area contributed by atoms with Gasteiger partial charge in [-0.3, -0.25) is 0 Å². The Morgan fingerprint density at radius 1 is 0.966 bits per heavy atom. The molecule has 0 aromatic heterocycles. The molecule has 3 aliphatic carbocycles. The number of aliphatic hydroxyl groups is 1. The first-order chi connectivity index (χ1) is 13.5. The zero-order valence-corrected chi connectivity index (χ0v) is 18.8. The molecule has 6 atom stereocenters. The van der Waals surface area contributed by atoms with Gasteiger partial charge in [-0.25, -0.2) is 0 Å². The summed E-state index contributed by atoms with van der Waals surface area (Å²) < 4.78 is 6.93. The number of aryl methyl sites for hydroxylation is 1. The zero-order chi connectivity index (χ0) is 20.8. The van der Waals surface area contributed by atoms with Gasteiger partial charge in [-0.05, 0) is 92.2 Å². The van der Waals surface area contributed by atoms with Gasteiger partial charge in [-0.2, -0.15) is 0 Å². The van der Waals surface area contributed by atoms with Crippen LogP contribution in [0, 0.1) is 35.0 Å². The molecule has 3 nitrogen and oxygen atoms in total. The summed E-state index contributed by atoms with van der Waals surface area (Å²) in [6.07, 6.45) is 8.76. The maximum atomic E-state index is 10.8. The van der Waals surface area contributed by atoms with Crippen molar-refractivity contribution in [2.24, 2.45) is 28.1 Å². The zero-order valence-electron chi connectivity index (χ0n) is 18.8. The van der Waals surface area contributed by atoms with Crippen molar-refractivity contribution in [1.82, 2.24) is 0 Å². The lowest BCUT2D eigenvalue weighted by Gasteiger charge is -2.68. The third-order valence-electron chi connectivity index (χ3n) is 10.3. The van der Waals surface area contributed by atoms with Crippen LogP contribution in [-0.4, -0.2) is 21.9 Å². The second-order valence-corrected chi connectivity index (χ2v) is 11.9. The molecule has 160 valence electrons. The smallest absolute Gasteiger partial charge is 0.126 e. The van der Waals surface area contributed by atoms with Crippen LogP contribution in [0.2, 0.25) is 0 Å². The van der Waals surface area contributed by atoms with E-state index in [0.29, 0.717) is 17.6 Å². The summed E-state index contributed by atoms with van der Waals surface area (Å²) in [6, 6.07) is 3.77. The number of aliphatic hydroxyl groups excluding tert-OH is 1. The Kier molecular flexibility index (Phi) is 4.03. The number of hydrogen-bond donors (Lipinski definition) is 2. The van der Waals surface area contributed by atoms with Gasteiger partial charge in [0.15, 0.2) is 0 Å². The summed E-state index contributed by atoms with van der Waals surface area (Å²) in [4.78, 5) is 0. The van der Waals surface area contributed by atoms with Gasteiger partial charge in [0.25, 0.3) is 0 Å². The SMILES string of the molecule is Cc1cc(O)cc2c1OC1(CCCC3C4(C)CCC(O)C(C)(C)C4CCC31C)C2. The molecule has 3 saturated carbocycles. The van der Waals surface area contributed by atoms with Crippen molar-refractivity contribution < 1.29 is 14.9 Å². The summed E-state index contributed by atoms with van der Waals surface area (Å²) in [5.41, 5.74) is 2.49. The third kappa shape index (κ3) is 2.40. The highest BCUT2D eigenvalue weighted by Gasteiger charge is 2.68. The van der Waals surface area contributed by atoms with Crippen LogP contribution in [0.4, 0.5) is 0 Å². The average Bonchev–Trinajstić information content (AvgIpc) is 3.00. The molecule has 1 spiro atoms. The van der Waals surface area contributed by atoms with Crippen LogP contribution in [0.5, 0.6) is 11.5 Å². The lowest BCUT2D eigenvalue weighted by molar-refractivity contribution is -0.225. The second kappa shape index (κ2) is 5.93. The Labute approximate surface area is 175 Å². The maximum Gasteiger partial charge on any atom is 0.126 e. The van der Waals surface area contributed by atoms with Crippen molar-refractivity contribution in [2.75, 3.05) is 0 Å². The van der Waals surface area contributed by atoms with Crippen LogP contribution < -0.4 is 4.74 Å². The summed E-state index contributed by atoms with van der Waals surface area (Å²) in [7, 11) is 0. The number of aromatic hydroxyl groups is 1. The second-order valence-electron chi connectivity index (χ2n) is 11.9. The van der Waals surface area contributed by atoms with Crippen LogP contribution in [0.3, 0.4) is 0 Å². The topological polar surface area (TPSA) is 49.7 Å². The van der Waals surface area contributed by atoms with Crippen LogP contribution >= 0.6 is 0 Å². The first-order valence-electron chi connectivity index (χ1n) is 11.7. The van der Waals surface area contributed by atoms with Crippen LogP contribution in [0.25, 0.3) is 0 Å². The molecule has 0 radical (unpaired) electrons. The molecule has 1 aromatic carbocycles. The van der Waals surface area contributed by atoms with Gasteiger partial charge in [0.05, 0.1) is 6.10 Å². The normalized spacial score (nSPS) is 45.2. The predicted octanol–water partition coefficient (Wildman–Crippen LogP) is 5.78. The molecule has 3 fully saturated rings. The van der Waals surface area contributed by atoms with Crippen molar-refractivity contribution >= 4 is 0 Å². The van der Waals surface area contributed by atoms with Crippen molar-refractivity contribution in [3.63, 3.8) is 0 Å². The largest absolute Gasteiger partial charge is 0.508 e. The fourth-order valence-electron chi connectivity index (χ4n) is 8.71. The van der Waals surface area contributed by atoms with Crippen molar-refractivity contribution in [2.45, 2.75) is 97.7 Å². The summed E-state index contributed by atoms with van der Waals surface area (Å²) in [6.45, 7) is 11.7. The predicted molar refractivity (Wildman–Crippen MR) is 115 cm³/mol. The Morgan fingerprint density at radius 2 is 1.72 bits per heavy atom. The summed E-state index contributed by atoms with van der Waals surface area (Å²) >= 11 is 0. The molecule has 4 aliphatic rings. The molecule has 1 aliphatic heterocycles. The Balaban J connectivity index is 1.56. The average molecular weight is 399 g/mol. The van der Waals surface area contributed by atoms with Crippen LogP contribution in [0.15, 0.2) is 12.1 Å². The van der Waals surface area contributed by atoms with Gasteiger partial charge >= 0.3 is 0 Å². The highest BCUT2D eigenvalue weighted by Crippen LogP contribution is 2.71. The molecular formula is C26H38O3. The number of rotatable bonds is 0. The van der Waals surface area contributed by atoms with Gasteiger partial charge in [-0.15, -0.1) is 0 Å². The van der Waals surface area contributed by atoms with E-state index in [2.05, 4.69) is 34.6 Å². The molecule has 3 heteroatoms. The highest BCUT2D eigenvalue weighted by atomic mass is 16.5. The van der Waals surface area contributed by atoms with E-state index in [1.165, 1.54) is 31.2 Å². The number of ether oxygens (including phenoxy) is 1. The van der Waals surface area contributed by atoms with Gasteiger partial charge in [0, 0.05) is 17.4 Å². The summed E-state index contributed by atoms with van der Waals surface area (Å²) in [5, 5.41) is 20.9. The van der Waals surface area contributed by atoms with Crippen LogP contribution in [0.1, 0.15) is 83.8 Å². The number of benzene rings is 1. The molecule has 0 bridgehead atoms. The molecule has 0 saturated heterocycles. The Morgan fingerprint density at radius 3 is 2.48 bits per heavy atom. The van der Waals surface area contributed by atoms with E-state index in [-0.39, 0.29) is 27.9 Å². The summed E-state index contributed by atoms with van der Waals surface area (Å²) in [5.74, 6) is 2.58. The molecular weight excluding hydrogens is 360 g/mol. The van der Waals surface area contributed by atoms with E-state index >= 15 is 0 Å². The molecule has 6 unspecified atom stereocenters. The van der Waals surface area contributed by atoms with Gasteiger partial charge in [-0.1, -0.05) is 27.7 Å². The first kappa shape index (κ1) is 19.7. The lowest BCUT2D eigenvalue weighted by Crippen LogP contribution is -2.66. The van der Waals surface area contributed by atoms with Crippen molar-refractivity contribution in [1.29, 1.82) is 0 Å². The first-order valence-corrected chi connectivity index (χ1v) is 11.7. The quantitative estimate of drug-likeness (QED) is 0.582. The Hall–Kier alpha value is -1.22. The van der Waals surface area contributed by atoms with E-state index < -0.39 is 0 Å². The Bertz CT molecular complexity index is 845. The molecule has 2 N–H and O–H groups in total. The number of fused-ring (bicyclic) bond motifs is 5. The van der Waals surface area contributed by atoms with E-state index in [9.17, 15) is 10.2 Å². The van der Waals surface area contributed by atoms with Crippen molar-refractivity contribution in [3.05, 3.63) is 23.3 Å². The lowest BCUT2D eigenvalue weighted by atomic mass is 9.38. The van der Waals surface area contributed by atoms with E-state index in [1.807, 2.05) is 12.1 Å². The fourth-order valence-corrected chi connectivity index (χ4v) is 8.71. The number of phenolic OH excluding ortho intramolecular Hbond substituents is 1. The third-order valence-corrected chi connectivity index (χ3v) is 10.3. The number of hydrogen-bond acceptors (Lipinski definition) is 3. The standard InChI is InChI=1S/C26H38O3/c1-16-13-18(27)14-17-15-26(29-22(16)17)10-6-7-20-24(4)11-9-21(28)23(2,3)19(24)8-12-25(20,26)5/h13-14,19-21,27-28H,6-12,15H2,1-5H3. The molecule has 5 rings (SSSR count). The van der Waals surface area contributed by atoms with Gasteiger partial charge in [0.2, 0.25) is 0 Å². The van der Waals surface area contributed by atoms with E-state index in [0.717, 1.165) is 37.0 Å². The van der Waals surface area contributed by atoms with Crippen molar-refractivity contribution in [3.8, 4) is 11.5 Å². The highest BCUT2D eigenvalue weighted by molar-refractivity contribution is 5.50. The minimum atomic E-state index is -0.180. The van der Waals surface area contributed by atoms with Gasteiger partial charge < -0.3 is 14.9 Å². The van der Waals surface area contributed by atoms with Gasteiger partial charge in [0.1, 0.15) is 17.1 Å². The maximum absolute atomic E-state index is 10.8. The monoisotopic (exact) mass is 398 g/mol. The molecule has 1 aromatic rings. The minimum Gasteiger partial charge on any atom is -0.508 e. The van der Waals surface area contributed by atoms with E-state index in [1.54, 1.807) is 0 Å². The molecule has 29 heavy (non-hydrogen) atoms. The molecule has 1 heterocycles. The minimum absolute atomic E-state index is 0.0131. The van der Waals surface area contributed by atoms with Crippen LogP contribution in [-0.2, 0) is 6.42 Å². The fraction of sp³-hybridized carbons (Fsp3) is 0.769. The number of phenols is 1.